The Morgan fingerprint density at radius 1 is 1.46 bits per heavy atom. The SMILES string of the molecule is O=CNC1=CC=CC=CC1C(=O)O. The zero-order valence-electron chi connectivity index (χ0n) is 6.81. The van der Waals surface area contributed by atoms with Crippen LogP contribution in [0.15, 0.2) is 36.1 Å². The molecule has 0 aromatic heterocycles. The molecular formula is C9H9NO3. The van der Waals surface area contributed by atoms with Gasteiger partial charge in [0.15, 0.2) is 0 Å². The summed E-state index contributed by atoms with van der Waals surface area (Å²) in [5, 5.41) is 11.1. The number of hydrogen-bond acceptors (Lipinski definition) is 2. The van der Waals surface area contributed by atoms with Crippen molar-refractivity contribution < 1.29 is 14.7 Å². The number of allylic oxidation sites excluding steroid dienone is 4. The molecule has 0 bridgehead atoms. The van der Waals surface area contributed by atoms with E-state index in [1.807, 2.05) is 0 Å². The Bertz CT molecular complexity index is 302. The molecule has 13 heavy (non-hydrogen) atoms. The van der Waals surface area contributed by atoms with Gasteiger partial charge in [-0.25, -0.2) is 0 Å². The molecule has 0 fully saturated rings. The maximum Gasteiger partial charge on any atom is 0.316 e. The highest BCUT2D eigenvalue weighted by atomic mass is 16.4. The number of hydrogen-bond donors (Lipinski definition) is 2. The number of carbonyl (C=O) groups excluding carboxylic acids is 1. The first-order valence-corrected chi connectivity index (χ1v) is 3.73. The molecule has 68 valence electrons. The number of aliphatic carboxylic acids is 1. The molecule has 0 aromatic carbocycles. The minimum absolute atomic E-state index is 0.368. The number of carboxylic acid groups (broad SMARTS) is 1. The highest BCUT2D eigenvalue weighted by Crippen LogP contribution is 2.12. The molecule has 0 radical (unpaired) electrons. The highest BCUT2D eigenvalue weighted by molar-refractivity contribution is 5.77. The maximum atomic E-state index is 10.7. The van der Waals surface area contributed by atoms with Crippen LogP contribution in [0.25, 0.3) is 0 Å². The van der Waals surface area contributed by atoms with Crippen LogP contribution in [0.3, 0.4) is 0 Å². The topological polar surface area (TPSA) is 66.4 Å². The Kier molecular flexibility index (Phi) is 3.03. The third-order valence-electron chi connectivity index (χ3n) is 1.63. The van der Waals surface area contributed by atoms with E-state index >= 15 is 0 Å². The van der Waals surface area contributed by atoms with Gasteiger partial charge in [-0.15, -0.1) is 0 Å². The lowest BCUT2D eigenvalue weighted by molar-refractivity contribution is -0.139. The van der Waals surface area contributed by atoms with E-state index in [0.29, 0.717) is 12.1 Å². The summed E-state index contributed by atoms with van der Waals surface area (Å²) in [6.07, 6.45) is 8.55. The van der Waals surface area contributed by atoms with Gasteiger partial charge in [-0.2, -0.15) is 0 Å². The maximum absolute atomic E-state index is 10.7. The van der Waals surface area contributed by atoms with Crippen molar-refractivity contribution in [2.45, 2.75) is 0 Å². The van der Waals surface area contributed by atoms with E-state index < -0.39 is 11.9 Å². The van der Waals surface area contributed by atoms with Crippen molar-refractivity contribution in [3.8, 4) is 0 Å². The molecule has 1 atom stereocenters. The molecular weight excluding hydrogens is 170 g/mol. The minimum atomic E-state index is -0.986. The van der Waals surface area contributed by atoms with Gasteiger partial charge in [0.25, 0.3) is 0 Å². The predicted molar refractivity (Wildman–Crippen MR) is 46.7 cm³/mol. The van der Waals surface area contributed by atoms with Crippen molar-refractivity contribution >= 4 is 12.4 Å². The molecule has 1 aliphatic rings. The molecule has 0 saturated heterocycles. The van der Waals surface area contributed by atoms with Crippen LogP contribution in [0, 0.1) is 5.92 Å². The van der Waals surface area contributed by atoms with Gasteiger partial charge in [-0.1, -0.05) is 24.3 Å². The fraction of sp³-hybridized carbons (Fsp3) is 0.111. The molecule has 0 aliphatic heterocycles. The lowest BCUT2D eigenvalue weighted by atomic mass is 10.1. The van der Waals surface area contributed by atoms with Crippen LogP contribution in [0.5, 0.6) is 0 Å². The van der Waals surface area contributed by atoms with Crippen LogP contribution in [-0.4, -0.2) is 17.5 Å². The van der Waals surface area contributed by atoms with E-state index in [-0.39, 0.29) is 0 Å². The second-order valence-corrected chi connectivity index (χ2v) is 2.47. The highest BCUT2D eigenvalue weighted by Gasteiger charge is 2.18. The van der Waals surface area contributed by atoms with E-state index in [1.165, 1.54) is 6.08 Å². The summed E-state index contributed by atoms with van der Waals surface area (Å²) in [5.41, 5.74) is 0.368. The van der Waals surface area contributed by atoms with Gasteiger partial charge in [0.2, 0.25) is 6.41 Å². The van der Waals surface area contributed by atoms with Crippen LogP contribution < -0.4 is 5.32 Å². The third-order valence-corrected chi connectivity index (χ3v) is 1.63. The Hall–Kier alpha value is -1.84. The molecule has 1 rings (SSSR count). The monoisotopic (exact) mass is 179 g/mol. The zero-order chi connectivity index (χ0) is 9.68. The molecule has 1 aliphatic carbocycles. The van der Waals surface area contributed by atoms with E-state index in [1.54, 1.807) is 24.3 Å². The van der Waals surface area contributed by atoms with Crippen LogP contribution in [-0.2, 0) is 9.59 Å². The van der Waals surface area contributed by atoms with Crippen molar-refractivity contribution in [3.05, 3.63) is 36.1 Å². The van der Waals surface area contributed by atoms with Crippen LogP contribution in [0.2, 0.25) is 0 Å². The van der Waals surface area contributed by atoms with Crippen LogP contribution >= 0.6 is 0 Å². The van der Waals surface area contributed by atoms with Gasteiger partial charge in [-0.3, -0.25) is 9.59 Å². The van der Waals surface area contributed by atoms with Gasteiger partial charge in [-0.05, 0) is 6.08 Å². The number of rotatable bonds is 3. The minimum Gasteiger partial charge on any atom is -0.481 e. The second-order valence-electron chi connectivity index (χ2n) is 2.47. The van der Waals surface area contributed by atoms with Crippen molar-refractivity contribution in [1.82, 2.24) is 5.32 Å². The first-order chi connectivity index (χ1) is 6.25. The second kappa shape index (κ2) is 4.25. The summed E-state index contributed by atoms with van der Waals surface area (Å²) >= 11 is 0. The Morgan fingerprint density at radius 3 is 2.85 bits per heavy atom. The van der Waals surface area contributed by atoms with Crippen molar-refractivity contribution in [3.63, 3.8) is 0 Å². The van der Waals surface area contributed by atoms with Gasteiger partial charge in [0.1, 0.15) is 5.92 Å². The van der Waals surface area contributed by atoms with Gasteiger partial charge in [0.05, 0.1) is 0 Å². The molecule has 0 spiro atoms. The molecule has 1 amide bonds. The lowest BCUT2D eigenvalue weighted by Gasteiger charge is -2.09. The summed E-state index contributed by atoms with van der Waals surface area (Å²) in [5.74, 6) is -1.76. The predicted octanol–water partition coefficient (Wildman–Crippen LogP) is 0.443. The smallest absolute Gasteiger partial charge is 0.316 e. The standard InChI is InChI=1S/C9H9NO3/c11-6-10-8-5-3-1-2-4-7(8)9(12)13/h1-7H,(H,10,11)(H,12,13). The van der Waals surface area contributed by atoms with Crippen molar-refractivity contribution in [2.75, 3.05) is 0 Å². The van der Waals surface area contributed by atoms with Gasteiger partial charge in [0, 0.05) is 5.70 Å². The normalized spacial score (nSPS) is 20.3. The van der Waals surface area contributed by atoms with E-state index in [0.717, 1.165) is 0 Å². The summed E-state index contributed by atoms with van der Waals surface area (Å²) in [7, 11) is 0. The molecule has 0 saturated carbocycles. The Labute approximate surface area is 75.3 Å². The van der Waals surface area contributed by atoms with Crippen LogP contribution in [0.1, 0.15) is 0 Å². The fourth-order valence-corrected chi connectivity index (χ4v) is 1.03. The molecule has 0 aromatic rings. The van der Waals surface area contributed by atoms with E-state index in [9.17, 15) is 9.59 Å². The fourth-order valence-electron chi connectivity index (χ4n) is 1.03. The van der Waals surface area contributed by atoms with E-state index in [2.05, 4.69) is 5.32 Å². The average molecular weight is 179 g/mol. The number of carboxylic acids is 1. The largest absolute Gasteiger partial charge is 0.481 e. The Balaban J connectivity index is 2.90. The van der Waals surface area contributed by atoms with E-state index in [4.69, 9.17) is 5.11 Å². The van der Waals surface area contributed by atoms with Crippen molar-refractivity contribution in [1.29, 1.82) is 0 Å². The van der Waals surface area contributed by atoms with Crippen LogP contribution in [0.4, 0.5) is 0 Å². The summed E-state index contributed by atoms with van der Waals surface area (Å²) in [6.45, 7) is 0. The summed E-state index contributed by atoms with van der Waals surface area (Å²) < 4.78 is 0. The molecule has 4 nitrogen and oxygen atoms in total. The number of nitrogens with one attached hydrogen (secondary N) is 1. The molecule has 1 unspecified atom stereocenters. The molecule has 0 heterocycles. The quantitative estimate of drug-likeness (QED) is 0.618. The first kappa shape index (κ1) is 9.25. The average Bonchev–Trinajstić information content (AvgIpc) is 2.30. The lowest BCUT2D eigenvalue weighted by Crippen LogP contribution is -2.23. The summed E-state index contributed by atoms with van der Waals surface area (Å²) in [6, 6.07) is 0. The van der Waals surface area contributed by atoms with Crippen molar-refractivity contribution in [2.24, 2.45) is 5.92 Å². The number of amides is 1. The summed E-state index contributed by atoms with van der Waals surface area (Å²) in [4.78, 5) is 20.9. The van der Waals surface area contributed by atoms with Gasteiger partial charge >= 0.3 is 5.97 Å². The first-order valence-electron chi connectivity index (χ1n) is 3.73. The number of carbonyl (C=O) groups is 2. The molecule has 4 heteroatoms. The Morgan fingerprint density at radius 2 is 2.23 bits per heavy atom. The molecule has 2 N–H and O–H groups in total. The van der Waals surface area contributed by atoms with Gasteiger partial charge < -0.3 is 10.4 Å². The third kappa shape index (κ3) is 2.30. The zero-order valence-corrected chi connectivity index (χ0v) is 6.81.